The molecule has 0 aliphatic carbocycles. The Morgan fingerprint density at radius 3 is 2.39 bits per heavy atom. The van der Waals surface area contributed by atoms with Crippen LogP contribution in [0.4, 0.5) is 5.69 Å². The predicted octanol–water partition coefficient (Wildman–Crippen LogP) is 3.42. The van der Waals surface area contributed by atoms with Gasteiger partial charge in [-0.25, -0.2) is 4.79 Å². The maximum atomic E-state index is 11.2. The Bertz CT molecular complexity index is 568. The van der Waals surface area contributed by atoms with Crippen molar-refractivity contribution < 1.29 is 4.42 Å². The Labute approximate surface area is 107 Å². The average molecular weight is 245 g/mol. The Morgan fingerprint density at radius 1 is 1.06 bits per heavy atom. The van der Waals surface area contributed by atoms with Crippen LogP contribution in [0.2, 0.25) is 0 Å². The van der Waals surface area contributed by atoms with Crippen LogP contribution in [0.3, 0.4) is 0 Å². The van der Waals surface area contributed by atoms with E-state index in [4.69, 9.17) is 4.42 Å². The van der Waals surface area contributed by atoms with Crippen LogP contribution < -0.4 is 10.5 Å². The number of rotatable bonds is 5. The maximum absolute atomic E-state index is 11.2. The highest BCUT2D eigenvalue weighted by atomic mass is 16.4. The van der Waals surface area contributed by atoms with Gasteiger partial charge in [-0.3, -0.25) is 0 Å². The molecular weight excluding hydrogens is 226 g/mol. The van der Waals surface area contributed by atoms with E-state index in [2.05, 4.69) is 24.8 Å². The van der Waals surface area contributed by atoms with Gasteiger partial charge in [0.1, 0.15) is 5.58 Å². The molecule has 3 heteroatoms. The van der Waals surface area contributed by atoms with Crippen molar-refractivity contribution in [3.05, 3.63) is 40.8 Å². The zero-order valence-electron chi connectivity index (χ0n) is 11.0. The lowest BCUT2D eigenvalue weighted by Crippen LogP contribution is -2.24. The van der Waals surface area contributed by atoms with Gasteiger partial charge in [-0.15, -0.1) is 0 Å². The highest BCUT2D eigenvalue weighted by Crippen LogP contribution is 2.21. The quantitative estimate of drug-likeness (QED) is 0.757. The SMILES string of the molecule is CCCN(CCC)c1ccc2ccc(=O)oc2c1. The molecule has 3 nitrogen and oxygen atoms in total. The molecular formula is C15H19NO2. The minimum absolute atomic E-state index is 0.294. The van der Waals surface area contributed by atoms with E-state index in [1.165, 1.54) is 6.07 Å². The second-order valence-electron chi connectivity index (χ2n) is 4.46. The largest absolute Gasteiger partial charge is 0.423 e. The summed E-state index contributed by atoms with van der Waals surface area (Å²) in [6.07, 6.45) is 2.22. The van der Waals surface area contributed by atoms with Gasteiger partial charge in [-0.2, -0.15) is 0 Å². The molecule has 1 aromatic carbocycles. The highest BCUT2D eigenvalue weighted by Gasteiger charge is 2.06. The van der Waals surface area contributed by atoms with E-state index in [-0.39, 0.29) is 5.63 Å². The van der Waals surface area contributed by atoms with E-state index in [1.54, 1.807) is 6.07 Å². The van der Waals surface area contributed by atoms with Crippen LogP contribution in [0.15, 0.2) is 39.5 Å². The molecule has 0 radical (unpaired) electrons. The number of nitrogens with zero attached hydrogens (tertiary/aromatic N) is 1. The Kier molecular flexibility index (Phi) is 4.03. The molecule has 0 bridgehead atoms. The van der Waals surface area contributed by atoms with Gasteiger partial charge in [0.25, 0.3) is 0 Å². The van der Waals surface area contributed by atoms with Gasteiger partial charge >= 0.3 is 5.63 Å². The monoisotopic (exact) mass is 245 g/mol. The molecule has 2 rings (SSSR count). The fraction of sp³-hybridized carbons (Fsp3) is 0.400. The molecule has 0 saturated carbocycles. The number of fused-ring (bicyclic) bond motifs is 1. The standard InChI is InChI=1S/C15H19NO2/c1-3-9-16(10-4-2)13-7-5-12-6-8-15(17)18-14(12)11-13/h5-8,11H,3-4,9-10H2,1-2H3. The summed E-state index contributed by atoms with van der Waals surface area (Å²) in [5.41, 5.74) is 1.50. The summed E-state index contributed by atoms with van der Waals surface area (Å²) in [4.78, 5) is 13.6. The van der Waals surface area contributed by atoms with Gasteiger partial charge in [0, 0.05) is 36.3 Å². The van der Waals surface area contributed by atoms with Crippen molar-refractivity contribution in [1.82, 2.24) is 0 Å². The fourth-order valence-corrected chi connectivity index (χ4v) is 2.16. The van der Waals surface area contributed by atoms with Gasteiger partial charge < -0.3 is 9.32 Å². The van der Waals surface area contributed by atoms with E-state index in [9.17, 15) is 4.79 Å². The third-order valence-corrected chi connectivity index (χ3v) is 2.96. The van der Waals surface area contributed by atoms with Crippen molar-refractivity contribution >= 4 is 16.7 Å². The molecule has 18 heavy (non-hydrogen) atoms. The molecule has 0 aliphatic heterocycles. The Balaban J connectivity index is 2.40. The average Bonchev–Trinajstić information content (AvgIpc) is 2.37. The number of anilines is 1. The molecule has 0 saturated heterocycles. The van der Waals surface area contributed by atoms with Crippen LogP contribution in [-0.2, 0) is 0 Å². The summed E-state index contributed by atoms with van der Waals surface area (Å²) < 4.78 is 5.23. The second kappa shape index (κ2) is 5.71. The number of hydrogen-bond acceptors (Lipinski definition) is 3. The van der Waals surface area contributed by atoms with E-state index in [0.717, 1.165) is 37.0 Å². The Morgan fingerprint density at radius 2 is 1.72 bits per heavy atom. The van der Waals surface area contributed by atoms with Gasteiger partial charge in [0.05, 0.1) is 0 Å². The first kappa shape index (κ1) is 12.7. The van der Waals surface area contributed by atoms with E-state index in [1.807, 2.05) is 12.1 Å². The molecule has 1 aromatic heterocycles. The summed E-state index contributed by atoms with van der Waals surface area (Å²) in [6, 6.07) is 9.31. The Hall–Kier alpha value is -1.77. The van der Waals surface area contributed by atoms with Crippen molar-refractivity contribution in [3.8, 4) is 0 Å². The predicted molar refractivity (Wildman–Crippen MR) is 75.3 cm³/mol. The summed E-state index contributed by atoms with van der Waals surface area (Å²) >= 11 is 0. The maximum Gasteiger partial charge on any atom is 0.336 e. The van der Waals surface area contributed by atoms with E-state index >= 15 is 0 Å². The van der Waals surface area contributed by atoms with E-state index in [0.29, 0.717) is 5.58 Å². The summed E-state index contributed by atoms with van der Waals surface area (Å²) in [5.74, 6) is 0. The molecule has 0 N–H and O–H groups in total. The topological polar surface area (TPSA) is 33.5 Å². The molecule has 96 valence electrons. The van der Waals surface area contributed by atoms with Crippen LogP contribution in [0.25, 0.3) is 11.0 Å². The minimum atomic E-state index is -0.294. The van der Waals surface area contributed by atoms with Crippen LogP contribution in [0.5, 0.6) is 0 Å². The fourth-order valence-electron chi connectivity index (χ4n) is 2.16. The molecule has 0 unspecified atom stereocenters. The normalized spacial score (nSPS) is 10.8. The van der Waals surface area contributed by atoms with Gasteiger partial charge in [-0.1, -0.05) is 13.8 Å². The molecule has 0 fully saturated rings. The van der Waals surface area contributed by atoms with Crippen LogP contribution in [0, 0.1) is 0 Å². The minimum Gasteiger partial charge on any atom is -0.423 e. The van der Waals surface area contributed by atoms with E-state index < -0.39 is 0 Å². The molecule has 0 atom stereocenters. The number of benzene rings is 1. The summed E-state index contributed by atoms with van der Waals surface area (Å²) in [5, 5.41) is 0.964. The van der Waals surface area contributed by atoms with Gasteiger partial charge in [-0.05, 0) is 31.0 Å². The van der Waals surface area contributed by atoms with Crippen molar-refractivity contribution in [2.24, 2.45) is 0 Å². The third kappa shape index (κ3) is 2.73. The first-order chi connectivity index (χ1) is 8.74. The molecule has 0 spiro atoms. The highest BCUT2D eigenvalue weighted by molar-refractivity contribution is 5.80. The molecule has 0 aliphatic rings. The summed E-state index contributed by atoms with van der Waals surface area (Å²) in [7, 11) is 0. The lowest BCUT2D eigenvalue weighted by molar-refractivity contribution is 0.561. The lowest BCUT2D eigenvalue weighted by atomic mass is 10.2. The van der Waals surface area contributed by atoms with Crippen molar-refractivity contribution in [2.75, 3.05) is 18.0 Å². The lowest BCUT2D eigenvalue weighted by Gasteiger charge is -2.23. The van der Waals surface area contributed by atoms with Gasteiger partial charge in [0.2, 0.25) is 0 Å². The van der Waals surface area contributed by atoms with Crippen molar-refractivity contribution in [3.63, 3.8) is 0 Å². The smallest absolute Gasteiger partial charge is 0.336 e. The van der Waals surface area contributed by atoms with Crippen LogP contribution >= 0.6 is 0 Å². The van der Waals surface area contributed by atoms with Gasteiger partial charge in [0.15, 0.2) is 0 Å². The van der Waals surface area contributed by atoms with Crippen LogP contribution in [-0.4, -0.2) is 13.1 Å². The summed E-state index contributed by atoms with van der Waals surface area (Å²) in [6.45, 7) is 6.39. The van der Waals surface area contributed by atoms with Crippen molar-refractivity contribution in [1.29, 1.82) is 0 Å². The zero-order valence-corrected chi connectivity index (χ0v) is 11.0. The first-order valence-electron chi connectivity index (χ1n) is 6.53. The first-order valence-corrected chi connectivity index (χ1v) is 6.53. The zero-order chi connectivity index (χ0) is 13.0. The molecule has 2 aromatic rings. The third-order valence-electron chi connectivity index (χ3n) is 2.96. The number of hydrogen-bond donors (Lipinski definition) is 0. The van der Waals surface area contributed by atoms with Crippen LogP contribution in [0.1, 0.15) is 26.7 Å². The molecule has 0 amide bonds. The second-order valence-corrected chi connectivity index (χ2v) is 4.46. The van der Waals surface area contributed by atoms with Crippen molar-refractivity contribution in [2.45, 2.75) is 26.7 Å². The molecule has 1 heterocycles.